The van der Waals surface area contributed by atoms with Gasteiger partial charge < -0.3 is 10.3 Å². The molecular formula is C18H19N5S. The van der Waals surface area contributed by atoms with Crippen LogP contribution in [0.25, 0.3) is 22.2 Å². The highest BCUT2D eigenvalue weighted by Gasteiger charge is 2.12. The zero-order valence-corrected chi connectivity index (χ0v) is 14.7. The van der Waals surface area contributed by atoms with Crippen LogP contribution in [0.4, 0.5) is 10.9 Å². The molecule has 1 aromatic carbocycles. The van der Waals surface area contributed by atoms with Gasteiger partial charge in [0.2, 0.25) is 0 Å². The molecule has 2 N–H and O–H groups in total. The number of para-hydroxylation sites is 1. The van der Waals surface area contributed by atoms with Crippen LogP contribution in [0.3, 0.4) is 0 Å². The fourth-order valence-corrected chi connectivity index (χ4v) is 3.73. The normalized spacial score (nSPS) is 11.3. The van der Waals surface area contributed by atoms with Crippen LogP contribution in [-0.4, -0.2) is 19.7 Å². The van der Waals surface area contributed by atoms with E-state index in [2.05, 4.69) is 52.1 Å². The minimum atomic E-state index is 0.869. The summed E-state index contributed by atoms with van der Waals surface area (Å²) in [7, 11) is 1.93. The number of aryl methyl sites for hydroxylation is 3. The van der Waals surface area contributed by atoms with Gasteiger partial charge in [-0.1, -0.05) is 25.1 Å². The standard InChI is InChI=1S/C18H19N5S/c1-4-12-6-5-7-13-14(9-19-17(12)13)15-10-24-18(20-15)21-16-8-11(2)22-23(16)3/h5-10,19H,4H2,1-3H3,(H,20,21). The summed E-state index contributed by atoms with van der Waals surface area (Å²) >= 11 is 1.60. The van der Waals surface area contributed by atoms with Crippen LogP contribution >= 0.6 is 11.3 Å². The van der Waals surface area contributed by atoms with Crippen molar-refractivity contribution in [1.82, 2.24) is 19.7 Å². The summed E-state index contributed by atoms with van der Waals surface area (Å²) in [5, 5.41) is 11.9. The number of anilines is 2. The quantitative estimate of drug-likeness (QED) is 0.570. The van der Waals surface area contributed by atoms with Crippen LogP contribution in [0.1, 0.15) is 18.2 Å². The van der Waals surface area contributed by atoms with Gasteiger partial charge in [-0.15, -0.1) is 11.3 Å². The van der Waals surface area contributed by atoms with Crippen molar-refractivity contribution in [3.05, 3.63) is 47.1 Å². The first-order valence-electron chi connectivity index (χ1n) is 7.98. The largest absolute Gasteiger partial charge is 0.360 e. The fraction of sp³-hybridized carbons (Fsp3) is 0.222. The minimum Gasteiger partial charge on any atom is -0.360 e. The molecule has 0 atom stereocenters. The zero-order chi connectivity index (χ0) is 16.7. The Labute approximate surface area is 144 Å². The van der Waals surface area contributed by atoms with E-state index in [1.807, 2.05) is 24.7 Å². The van der Waals surface area contributed by atoms with E-state index >= 15 is 0 Å². The number of aromatic amines is 1. The second kappa shape index (κ2) is 5.79. The Morgan fingerprint density at radius 3 is 2.96 bits per heavy atom. The Balaban J connectivity index is 1.69. The molecule has 6 heteroatoms. The highest BCUT2D eigenvalue weighted by atomic mass is 32.1. The molecule has 0 radical (unpaired) electrons. The lowest BCUT2D eigenvalue weighted by molar-refractivity contribution is 0.765. The smallest absolute Gasteiger partial charge is 0.188 e. The molecular weight excluding hydrogens is 318 g/mol. The molecule has 4 aromatic rings. The Bertz CT molecular complexity index is 1010. The molecule has 5 nitrogen and oxygen atoms in total. The second-order valence-corrected chi connectivity index (χ2v) is 6.71. The predicted molar refractivity (Wildman–Crippen MR) is 100 cm³/mol. The first kappa shape index (κ1) is 15.0. The minimum absolute atomic E-state index is 0.869. The van der Waals surface area contributed by atoms with E-state index in [0.717, 1.165) is 34.3 Å². The summed E-state index contributed by atoms with van der Waals surface area (Å²) in [6, 6.07) is 8.45. The summed E-state index contributed by atoms with van der Waals surface area (Å²) in [5.41, 5.74) is 5.66. The third-order valence-corrected chi connectivity index (χ3v) is 4.96. The van der Waals surface area contributed by atoms with Gasteiger partial charge in [-0.25, -0.2) is 4.98 Å². The molecule has 0 aliphatic carbocycles. The number of aromatic nitrogens is 4. The molecule has 0 aliphatic heterocycles. The van der Waals surface area contributed by atoms with Crippen LogP contribution in [-0.2, 0) is 13.5 Å². The van der Waals surface area contributed by atoms with Crippen molar-refractivity contribution in [2.45, 2.75) is 20.3 Å². The third-order valence-electron chi connectivity index (χ3n) is 4.20. The molecule has 0 bridgehead atoms. The SMILES string of the molecule is CCc1cccc2c(-c3csc(Nc4cc(C)nn4C)n3)c[nH]c12. The summed E-state index contributed by atoms with van der Waals surface area (Å²) in [6.07, 6.45) is 3.07. The monoisotopic (exact) mass is 337 g/mol. The molecule has 0 amide bonds. The van der Waals surface area contributed by atoms with Crippen molar-refractivity contribution in [2.75, 3.05) is 5.32 Å². The zero-order valence-electron chi connectivity index (χ0n) is 13.9. The highest BCUT2D eigenvalue weighted by Crippen LogP contribution is 2.33. The molecule has 0 fully saturated rings. The number of thiazole rings is 1. The maximum absolute atomic E-state index is 4.75. The topological polar surface area (TPSA) is 58.5 Å². The number of fused-ring (bicyclic) bond motifs is 1. The lowest BCUT2D eigenvalue weighted by Gasteiger charge is -2.01. The van der Waals surface area contributed by atoms with Crippen LogP contribution in [0.2, 0.25) is 0 Å². The first-order valence-corrected chi connectivity index (χ1v) is 8.86. The number of nitrogens with zero attached hydrogens (tertiary/aromatic N) is 3. The molecule has 0 aliphatic rings. The van der Waals surface area contributed by atoms with Crippen LogP contribution in [0.15, 0.2) is 35.8 Å². The summed E-state index contributed by atoms with van der Waals surface area (Å²) in [5.74, 6) is 0.945. The maximum Gasteiger partial charge on any atom is 0.188 e. The van der Waals surface area contributed by atoms with E-state index < -0.39 is 0 Å². The van der Waals surface area contributed by atoms with Crippen molar-refractivity contribution >= 4 is 33.2 Å². The van der Waals surface area contributed by atoms with Gasteiger partial charge in [0.25, 0.3) is 0 Å². The van der Waals surface area contributed by atoms with Crippen LogP contribution in [0, 0.1) is 6.92 Å². The lowest BCUT2D eigenvalue weighted by Crippen LogP contribution is -1.98. The summed E-state index contributed by atoms with van der Waals surface area (Å²) < 4.78 is 1.83. The van der Waals surface area contributed by atoms with Crippen molar-refractivity contribution in [3.8, 4) is 11.3 Å². The number of hydrogen-bond acceptors (Lipinski definition) is 4. The summed E-state index contributed by atoms with van der Waals surface area (Å²) in [6.45, 7) is 4.16. The van der Waals surface area contributed by atoms with Gasteiger partial charge in [0.05, 0.1) is 11.4 Å². The average molecular weight is 337 g/mol. The van der Waals surface area contributed by atoms with Gasteiger partial charge in [0.15, 0.2) is 5.13 Å². The van der Waals surface area contributed by atoms with Gasteiger partial charge >= 0.3 is 0 Å². The van der Waals surface area contributed by atoms with Crippen molar-refractivity contribution in [2.24, 2.45) is 7.05 Å². The number of nitrogens with one attached hydrogen (secondary N) is 2. The molecule has 3 aromatic heterocycles. The van der Waals surface area contributed by atoms with Crippen molar-refractivity contribution < 1.29 is 0 Å². The molecule has 3 heterocycles. The van der Waals surface area contributed by atoms with E-state index in [9.17, 15) is 0 Å². The van der Waals surface area contributed by atoms with Crippen LogP contribution < -0.4 is 5.32 Å². The molecule has 4 rings (SSSR count). The van der Waals surface area contributed by atoms with E-state index in [-0.39, 0.29) is 0 Å². The third kappa shape index (κ3) is 2.49. The van der Waals surface area contributed by atoms with E-state index in [4.69, 9.17) is 4.98 Å². The van der Waals surface area contributed by atoms with Gasteiger partial charge in [-0.05, 0) is 18.9 Å². The van der Waals surface area contributed by atoms with E-state index in [1.54, 1.807) is 11.3 Å². The summed E-state index contributed by atoms with van der Waals surface area (Å²) in [4.78, 5) is 8.16. The Morgan fingerprint density at radius 2 is 2.21 bits per heavy atom. The predicted octanol–water partition coefficient (Wildman–Crippen LogP) is 4.64. The number of H-pyrrole nitrogens is 1. The second-order valence-electron chi connectivity index (χ2n) is 5.85. The molecule has 122 valence electrons. The van der Waals surface area contributed by atoms with Gasteiger partial charge in [0.1, 0.15) is 5.82 Å². The van der Waals surface area contributed by atoms with Gasteiger partial charge in [-0.2, -0.15) is 5.10 Å². The molecule has 24 heavy (non-hydrogen) atoms. The average Bonchev–Trinajstić information content (AvgIpc) is 3.26. The molecule has 0 spiro atoms. The van der Waals surface area contributed by atoms with Crippen LogP contribution in [0.5, 0.6) is 0 Å². The maximum atomic E-state index is 4.75. The van der Waals surface area contributed by atoms with E-state index in [0.29, 0.717) is 0 Å². The first-order chi connectivity index (χ1) is 11.7. The highest BCUT2D eigenvalue weighted by molar-refractivity contribution is 7.14. The lowest BCUT2D eigenvalue weighted by atomic mass is 10.1. The fourth-order valence-electron chi connectivity index (χ4n) is 3.02. The van der Waals surface area contributed by atoms with Gasteiger partial charge in [-0.3, -0.25) is 4.68 Å². The number of hydrogen-bond donors (Lipinski definition) is 2. The Kier molecular flexibility index (Phi) is 3.61. The molecule has 0 unspecified atom stereocenters. The number of benzene rings is 1. The Morgan fingerprint density at radius 1 is 1.33 bits per heavy atom. The molecule has 0 saturated carbocycles. The Hall–Kier alpha value is -2.60. The number of rotatable bonds is 4. The van der Waals surface area contributed by atoms with Crippen molar-refractivity contribution in [3.63, 3.8) is 0 Å². The van der Waals surface area contributed by atoms with E-state index in [1.165, 1.54) is 16.5 Å². The molecule has 0 saturated heterocycles. The van der Waals surface area contributed by atoms with Crippen molar-refractivity contribution in [1.29, 1.82) is 0 Å². The van der Waals surface area contributed by atoms with Gasteiger partial charge in [0, 0.05) is 41.2 Å².